The first-order valence-electron chi connectivity index (χ1n) is 36.3. The molecule has 1 aromatic heterocycles. The van der Waals surface area contributed by atoms with Crippen LogP contribution in [0.15, 0.2) is 70.4 Å². The third kappa shape index (κ3) is 54.3. The number of piperidine rings is 1. The highest BCUT2D eigenvalue weighted by molar-refractivity contribution is 7.91. The molecule has 3 saturated heterocycles. The molecule has 0 bridgehead atoms. The van der Waals surface area contributed by atoms with Crippen molar-refractivity contribution >= 4 is 21.7 Å². The second kappa shape index (κ2) is 54.2. The number of carbonyl (C=O) groups excluding carboxylic acids is 2. The fourth-order valence-corrected chi connectivity index (χ4v) is 11.0. The number of likely N-dealkylation sites (tertiary alicyclic amines) is 1. The molecule has 14 heteroatoms. The molecule has 8 rings (SSSR count). The summed E-state index contributed by atoms with van der Waals surface area (Å²) in [6.07, 6.45) is 12.1. The third-order valence-corrected chi connectivity index (χ3v) is 14.7. The predicted octanol–water partition coefficient (Wildman–Crippen LogP) is 18.7. The minimum atomic E-state index is -2.71. The Morgan fingerprint density at radius 1 is 0.500 bits per heavy atom. The summed E-state index contributed by atoms with van der Waals surface area (Å²) in [5.74, 6) is 4.01. The molecule has 4 aliphatic heterocycles. The normalized spacial score (nSPS) is 15.9. The van der Waals surface area contributed by atoms with Gasteiger partial charge in [0.2, 0.25) is 0 Å². The van der Waals surface area contributed by atoms with Crippen LogP contribution in [0.5, 0.6) is 0 Å². The average Bonchev–Trinajstić information content (AvgIpc) is 1.68. The predicted molar refractivity (Wildman–Crippen MR) is 404 cm³/mol. The van der Waals surface area contributed by atoms with Crippen LogP contribution in [0, 0.1) is 45.3 Å². The number of fused-ring (bicyclic) bond motifs is 1. The lowest BCUT2D eigenvalue weighted by Gasteiger charge is -2.32. The van der Waals surface area contributed by atoms with Crippen LogP contribution in [0.25, 0.3) is 0 Å². The Morgan fingerprint density at radius 2 is 0.913 bits per heavy atom. The number of carbonyl (C=O) groups is 2. The number of rotatable bonds is 10. The summed E-state index contributed by atoms with van der Waals surface area (Å²) >= 11 is 0. The van der Waals surface area contributed by atoms with Crippen molar-refractivity contribution in [1.82, 2.24) is 29.6 Å². The highest BCUT2D eigenvalue weighted by Crippen LogP contribution is 2.35. The standard InChI is InChI=1S/C13H15NO2.C10H14.C9H14N2O2.C9H19NO2S.C9H19NO.C9H19N.C7H14.6C2H6/c1-13(2,3)8-14-11(15)9-6-4-5-7-10(9)12(14)16;1-9(2)8-10-6-4-3-5-7-10;1-9(2,3)4-6-5-10-8(13)11-7(6)12;1-9(2,3)8-10-4-6-13(11,12)7-5-10;1-9(2,3)8-10-4-6-11-7-5-10;1-9(2)8-10-6-4-3-5-7-10;1-6(2)5-7-3-4-7;6*1-2/h4-7H,8H2,1-3H3;3-7,9H,8H2,1-2H3;5H,4H2,1-3H3,(H2,10,11,12,13);4-8H2,1-3H3;4-8H2,1-3H3;9H,3-8H2,1-2H3;6-7H,3-5H2,1-2H3;6*1-2H3. The van der Waals surface area contributed by atoms with Crippen molar-refractivity contribution in [2.24, 2.45) is 45.3 Å². The van der Waals surface area contributed by atoms with Gasteiger partial charge in [-0.15, -0.1) is 0 Å². The highest BCUT2D eigenvalue weighted by Gasteiger charge is 2.37. The van der Waals surface area contributed by atoms with Crippen LogP contribution in [-0.2, 0) is 27.4 Å². The Labute approximate surface area is 569 Å². The molecule has 0 unspecified atom stereocenters. The third-order valence-electron chi connectivity index (χ3n) is 13.1. The van der Waals surface area contributed by atoms with E-state index in [0.717, 1.165) is 56.5 Å². The van der Waals surface area contributed by atoms with Gasteiger partial charge in [-0.05, 0) is 108 Å². The number of H-pyrrole nitrogens is 2. The number of benzene rings is 2. The van der Waals surface area contributed by atoms with Gasteiger partial charge in [-0.25, -0.2) is 13.2 Å². The monoisotopic (exact) mass is 1320 g/mol. The van der Waals surface area contributed by atoms with Gasteiger partial charge in [-0.2, -0.15) is 0 Å². The van der Waals surface area contributed by atoms with Gasteiger partial charge in [-0.1, -0.05) is 269 Å². The molecule has 13 nitrogen and oxygen atoms in total. The summed E-state index contributed by atoms with van der Waals surface area (Å²) in [5.41, 5.74) is 3.02. The fourth-order valence-electron chi connectivity index (χ4n) is 9.77. The van der Waals surface area contributed by atoms with Crippen LogP contribution < -0.4 is 11.2 Å². The first-order valence-corrected chi connectivity index (χ1v) is 38.1. The number of amides is 2. The molecule has 0 spiro atoms. The minimum Gasteiger partial charge on any atom is -0.379 e. The van der Waals surface area contributed by atoms with Crippen molar-refractivity contribution in [3.05, 3.63) is 104 Å². The summed E-state index contributed by atoms with van der Waals surface area (Å²) in [6.45, 7) is 75.3. The van der Waals surface area contributed by atoms with Gasteiger partial charge < -0.3 is 19.5 Å². The van der Waals surface area contributed by atoms with Crippen LogP contribution in [0.4, 0.5) is 0 Å². The lowest BCUT2D eigenvalue weighted by molar-refractivity contribution is 0.0236. The number of nitrogens with zero attached hydrogens (tertiary/aromatic N) is 4. The Morgan fingerprint density at radius 3 is 1.26 bits per heavy atom. The number of sulfone groups is 1. The first kappa shape index (κ1) is 96.7. The van der Waals surface area contributed by atoms with Crippen molar-refractivity contribution in [1.29, 1.82) is 0 Å². The first-order chi connectivity index (χ1) is 43.0. The molecular weight excluding hydrogens is 1160 g/mol. The summed E-state index contributed by atoms with van der Waals surface area (Å²) in [4.78, 5) is 59.2. The molecule has 3 aromatic rings. The van der Waals surface area contributed by atoms with Gasteiger partial charge in [0.15, 0.2) is 9.84 Å². The largest absolute Gasteiger partial charge is 0.379 e. The van der Waals surface area contributed by atoms with Crippen molar-refractivity contribution in [3.8, 4) is 0 Å². The van der Waals surface area contributed by atoms with Crippen LogP contribution in [0.1, 0.15) is 278 Å². The number of hydrogen-bond donors (Lipinski definition) is 2. The number of aromatic nitrogens is 2. The van der Waals surface area contributed by atoms with Crippen LogP contribution in [0.3, 0.4) is 0 Å². The number of morpholine rings is 1. The quantitative estimate of drug-likeness (QED) is 0.187. The van der Waals surface area contributed by atoms with Gasteiger partial charge in [0.05, 0.1) is 35.8 Å². The molecule has 540 valence electrons. The molecule has 1 aliphatic carbocycles. The van der Waals surface area contributed by atoms with Crippen LogP contribution >= 0.6 is 0 Å². The number of hydrogen-bond acceptors (Lipinski definition) is 10. The van der Waals surface area contributed by atoms with E-state index in [4.69, 9.17) is 4.74 Å². The Hall–Kier alpha value is -3.95. The fraction of sp³-hybridized carbons (Fsp3) is 0.769. The van der Waals surface area contributed by atoms with Crippen molar-refractivity contribution in [3.63, 3.8) is 0 Å². The number of imide groups is 1. The van der Waals surface area contributed by atoms with E-state index in [9.17, 15) is 27.6 Å². The molecule has 2 N–H and O–H groups in total. The second-order valence-electron chi connectivity index (χ2n) is 29.0. The van der Waals surface area contributed by atoms with E-state index in [1.807, 2.05) is 125 Å². The summed E-state index contributed by atoms with van der Waals surface area (Å²) in [6, 6.07) is 17.6. The molecule has 0 atom stereocenters. The molecule has 0 radical (unpaired) electrons. The van der Waals surface area contributed by atoms with E-state index < -0.39 is 15.5 Å². The number of aromatic amines is 2. The average molecular weight is 1320 g/mol. The van der Waals surface area contributed by atoms with Crippen molar-refractivity contribution < 1.29 is 22.7 Å². The maximum Gasteiger partial charge on any atom is 0.325 e. The van der Waals surface area contributed by atoms with Gasteiger partial charge in [0.25, 0.3) is 17.4 Å². The Kier molecular flexibility index (Phi) is 57.0. The smallest absolute Gasteiger partial charge is 0.325 e. The molecule has 4 fully saturated rings. The van der Waals surface area contributed by atoms with E-state index in [0.29, 0.717) is 59.7 Å². The topological polar surface area (TPSA) is 156 Å². The highest BCUT2D eigenvalue weighted by atomic mass is 32.2. The zero-order valence-electron chi connectivity index (χ0n) is 65.7. The maximum absolute atomic E-state index is 12.0. The van der Waals surface area contributed by atoms with E-state index in [1.54, 1.807) is 24.3 Å². The zero-order chi connectivity index (χ0) is 72.5. The maximum atomic E-state index is 12.0. The lowest BCUT2D eigenvalue weighted by atomic mass is 9.89. The van der Waals surface area contributed by atoms with E-state index in [-0.39, 0.29) is 33.6 Å². The van der Waals surface area contributed by atoms with E-state index in [1.165, 1.54) is 87.8 Å². The summed E-state index contributed by atoms with van der Waals surface area (Å²) in [5, 5.41) is 0. The Bertz CT molecular complexity index is 2390. The SMILES string of the molecule is CC.CC.CC.CC.CC.CC.CC(C)(C)CN1C(=O)c2ccccc2C1=O.CC(C)(C)CN1CCOCC1.CC(C)(C)CN1CCS(=O)(=O)CC1.CC(C)(C)Cc1c[nH]c(=O)[nH]c1=O.CC(C)CC1CC1.CC(C)CN1CCCCC1.CC(C)Cc1ccccc1. The lowest BCUT2D eigenvalue weighted by Crippen LogP contribution is -2.43. The van der Waals surface area contributed by atoms with Crippen LogP contribution in [-0.4, -0.2) is 140 Å². The Balaban J connectivity index is -0.000000314. The zero-order valence-corrected chi connectivity index (χ0v) is 66.5. The molecule has 2 aromatic carbocycles. The second-order valence-corrected chi connectivity index (χ2v) is 31.3. The number of nitrogens with one attached hydrogen (secondary N) is 2. The molecule has 5 heterocycles. The summed E-state index contributed by atoms with van der Waals surface area (Å²) in [7, 11) is -2.71. The minimum absolute atomic E-state index is 0.0469. The van der Waals surface area contributed by atoms with Crippen molar-refractivity contribution in [2.75, 3.05) is 90.2 Å². The molecule has 2 amide bonds. The molecule has 5 aliphatic rings. The molecular formula is C78H150N6O7S. The number of ether oxygens (including phenoxy) is 1. The van der Waals surface area contributed by atoms with Crippen LogP contribution in [0.2, 0.25) is 0 Å². The molecule has 92 heavy (non-hydrogen) atoms. The van der Waals surface area contributed by atoms with Crippen molar-refractivity contribution in [2.45, 2.75) is 259 Å². The molecule has 1 saturated carbocycles. The van der Waals surface area contributed by atoms with Gasteiger partial charge in [0, 0.05) is 64.1 Å². The summed E-state index contributed by atoms with van der Waals surface area (Å²) < 4.78 is 27.5. The van der Waals surface area contributed by atoms with E-state index >= 15 is 0 Å². The van der Waals surface area contributed by atoms with Gasteiger partial charge >= 0.3 is 5.69 Å². The van der Waals surface area contributed by atoms with E-state index in [2.05, 4.69) is 138 Å². The van der Waals surface area contributed by atoms with Gasteiger partial charge in [-0.3, -0.25) is 29.2 Å². The van der Waals surface area contributed by atoms with Gasteiger partial charge in [0.1, 0.15) is 0 Å².